The van der Waals surface area contributed by atoms with Gasteiger partial charge in [0.05, 0.1) is 18.6 Å². The molecule has 1 heterocycles. The van der Waals surface area contributed by atoms with Crippen molar-refractivity contribution < 1.29 is 24.1 Å². The molecule has 0 saturated carbocycles. The molecule has 0 atom stereocenters. The first kappa shape index (κ1) is 21.1. The summed E-state index contributed by atoms with van der Waals surface area (Å²) in [5.74, 6) is 0.0932. The van der Waals surface area contributed by atoms with E-state index in [1.807, 2.05) is 0 Å². The van der Waals surface area contributed by atoms with Gasteiger partial charge in [0.2, 0.25) is 5.75 Å². The molecule has 6 heteroatoms. The predicted octanol–water partition coefficient (Wildman–Crippen LogP) is 4.39. The number of hydrogen-bond acceptors (Lipinski definition) is 6. The Labute approximate surface area is 159 Å². The maximum absolute atomic E-state index is 12.1. The van der Waals surface area contributed by atoms with Gasteiger partial charge in [0.1, 0.15) is 17.9 Å². The third kappa shape index (κ3) is 6.47. The van der Waals surface area contributed by atoms with Crippen LogP contribution in [0.4, 0.5) is 0 Å². The van der Waals surface area contributed by atoms with Gasteiger partial charge in [0, 0.05) is 6.07 Å². The van der Waals surface area contributed by atoms with Gasteiger partial charge in [-0.3, -0.25) is 0 Å². The van der Waals surface area contributed by atoms with Crippen LogP contribution in [0.2, 0.25) is 0 Å². The van der Waals surface area contributed by atoms with Gasteiger partial charge in [0.15, 0.2) is 5.75 Å². The monoisotopic (exact) mass is 378 g/mol. The van der Waals surface area contributed by atoms with Crippen LogP contribution in [0.1, 0.15) is 58.3 Å². The quantitative estimate of drug-likeness (QED) is 0.397. The minimum absolute atomic E-state index is 0.112. The largest absolute Gasteiger partial charge is 0.504 e. The van der Waals surface area contributed by atoms with Crippen molar-refractivity contribution in [2.45, 2.75) is 58.3 Å². The molecule has 0 fully saturated rings. The lowest BCUT2D eigenvalue weighted by Gasteiger charge is -2.10. The topological polar surface area (TPSA) is 89.1 Å². The highest BCUT2D eigenvalue weighted by Crippen LogP contribution is 2.33. The average molecular weight is 378 g/mol. The van der Waals surface area contributed by atoms with E-state index in [1.54, 1.807) is 12.1 Å². The number of aromatic hydroxyl groups is 1. The van der Waals surface area contributed by atoms with Crippen LogP contribution in [-0.2, 0) is 0 Å². The van der Waals surface area contributed by atoms with Gasteiger partial charge in [-0.2, -0.15) is 0 Å². The van der Waals surface area contributed by atoms with E-state index in [2.05, 4.69) is 6.92 Å². The molecule has 0 spiro atoms. The Morgan fingerprint density at radius 2 is 1.67 bits per heavy atom. The Bertz CT molecular complexity index is 752. The summed E-state index contributed by atoms with van der Waals surface area (Å²) in [6, 6.07) is 4.75. The number of benzene rings is 1. The van der Waals surface area contributed by atoms with Crippen LogP contribution in [0.3, 0.4) is 0 Å². The van der Waals surface area contributed by atoms with E-state index in [0.29, 0.717) is 17.7 Å². The van der Waals surface area contributed by atoms with E-state index in [1.165, 1.54) is 38.2 Å². The van der Waals surface area contributed by atoms with Gasteiger partial charge in [-0.25, -0.2) is 4.79 Å². The third-order valence-electron chi connectivity index (χ3n) is 4.42. The van der Waals surface area contributed by atoms with Crippen LogP contribution < -0.4 is 15.1 Å². The smallest absolute Gasteiger partial charge is 0.383 e. The highest BCUT2D eigenvalue weighted by atomic mass is 16.5. The van der Waals surface area contributed by atoms with Crippen molar-refractivity contribution in [3.8, 4) is 17.2 Å². The standard InChI is InChI=1S/C21H30O6/c1-2-3-4-5-6-7-8-9-13-26-20-19(23)17-11-10-16(25-14-12-22)15-18(17)27-21(20)24/h10-11,15,22-23H,2-9,12-14H2,1H3. The van der Waals surface area contributed by atoms with E-state index in [4.69, 9.17) is 19.0 Å². The maximum Gasteiger partial charge on any atom is 0.383 e. The average Bonchev–Trinajstić information content (AvgIpc) is 2.67. The SMILES string of the molecule is CCCCCCCCCCOc1c(O)c2ccc(OCCO)cc2oc1=O. The summed E-state index contributed by atoms with van der Waals surface area (Å²) < 4.78 is 16.0. The highest BCUT2D eigenvalue weighted by molar-refractivity contribution is 5.86. The van der Waals surface area contributed by atoms with Crippen molar-refractivity contribution in [1.82, 2.24) is 0 Å². The van der Waals surface area contributed by atoms with Crippen LogP contribution in [0.15, 0.2) is 27.4 Å². The van der Waals surface area contributed by atoms with E-state index in [9.17, 15) is 9.90 Å². The summed E-state index contributed by atoms with van der Waals surface area (Å²) in [7, 11) is 0. The summed E-state index contributed by atoms with van der Waals surface area (Å²) in [5, 5.41) is 19.5. The van der Waals surface area contributed by atoms with Gasteiger partial charge >= 0.3 is 5.63 Å². The molecule has 2 aromatic rings. The molecule has 0 amide bonds. The van der Waals surface area contributed by atoms with Crippen LogP contribution in [0.25, 0.3) is 11.0 Å². The molecule has 0 aliphatic carbocycles. The number of aliphatic hydroxyl groups excluding tert-OH is 1. The zero-order valence-electron chi connectivity index (χ0n) is 16.0. The van der Waals surface area contributed by atoms with Crippen LogP contribution >= 0.6 is 0 Å². The molecular weight excluding hydrogens is 348 g/mol. The van der Waals surface area contributed by atoms with Crippen molar-refractivity contribution >= 4 is 11.0 Å². The van der Waals surface area contributed by atoms with Crippen LogP contribution in [0.5, 0.6) is 17.2 Å². The first-order valence-electron chi connectivity index (χ1n) is 9.83. The molecule has 2 N–H and O–H groups in total. The Kier molecular flexibility index (Phi) is 8.98. The second-order valence-corrected chi connectivity index (χ2v) is 6.62. The fraction of sp³-hybridized carbons (Fsp3) is 0.571. The second kappa shape index (κ2) is 11.5. The molecule has 0 unspecified atom stereocenters. The summed E-state index contributed by atoms with van der Waals surface area (Å²) in [4.78, 5) is 12.1. The maximum atomic E-state index is 12.1. The molecule has 2 rings (SSSR count). The van der Waals surface area contributed by atoms with E-state index >= 15 is 0 Å². The van der Waals surface area contributed by atoms with Crippen molar-refractivity contribution in [3.63, 3.8) is 0 Å². The molecule has 1 aromatic carbocycles. The Hall–Kier alpha value is -2.21. The molecule has 0 aliphatic heterocycles. The Morgan fingerprint density at radius 3 is 2.37 bits per heavy atom. The van der Waals surface area contributed by atoms with Crippen molar-refractivity contribution in [2.75, 3.05) is 19.8 Å². The zero-order valence-corrected chi connectivity index (χ0v) is 16.0. The lowest BCUT2D eigenvalue weighted by Crippen LogP contribution is -2.09. The molecule has 0 saturated heterocycles. The van der Waals surface area contributed by atoms with E-state index < -0.39 is 5.63 Å². The van der Waals surface area contributed by atoms with Gasteiger partial charge in [0.25, 0.3) is 0 Å². The van der Waals surface area contributed by atoms with E-state index in [0.717, 1.165) is 19.3 Å². The Morgan fingerprint density at radius 1 is 0.963 bits per heavy atom. The first-order valence-corrected chi connectivity index (χ1v) is 9.83. The second-order valence-electron chi connectivity index (χ2n) is 6.62. The number of rotatable bonds is 13. The lowest BCUT2D eigenvalue weighted by molar-refractivity contribution is 0.201. The fourth-order valence-corrected chi connectivity index (χ4v) is 2.94. The normalized spacial score (nSPS) is 11.0. The number of ether oxygens (including phenoxy) is 2. The van der Waals surface area contributed by atoms with Crippen molar-refractivity contribution in [2.24, 2.45) is 0 Å². The molecule has 0 radical (unpaired) electrons. The number of unbranched alkanes of at least 4 members (excludes halogenated alkanes) is 7. The highest BCUT2D eigenvalue weighted by Gasteiger charge is 2.16. The predicted molar refractivity (Wildman–Crippen MR) is 105 cm³/mol. The van der Waals surface area contributed by atoms with Crippen molar-refractivity contribution in [3.05, 3.63) is 28.6 Å². The van der Waals surface area contributed by atoms with Gasteiger partial charge in [-0.05, 0) is 18.6 Å². The molecule has 150 valence electrons. The molecule has 0 aliphatic rings. The van der Waals surface area contributed by atoms with Gasteiger partial charge in [-0.15, -0.1) is 0 Å². The minimum Gasteiger partial charge on any atom is -0.504 e. The van der Waals surface area contributed by atoms with Gasteiger partial charge < -0.3 is 24.1 Å². The van der Waals surface area contributed by atoms with Crippen molar-refractivity contribution in [1.29, 1.82) is 0 Å². The number of hydrogen-bond donors (Lipinski definition) is 2. The first-order chi connectivity index (χ1) is 13.2. The summed E-state index contributed by atoms with van der Waals surface area (Å²) in [6.07, 6.45) is 9.37. The third-order valence-corrected chi connectivity index (χ3v) is 4.42. The molecule has 27 heavy (non-hydrogen) atoms. The van der Waals surface area contributed by atoms with Gasteiger partial charge in [-0.1, -0.05) is 51.9 Å². The van der Waals surface area contributed by atoms with Crippen LogP contribution in [-0.4, -0.2) is 30.0 Å². The number of fused-ring (bicyclic) bond motifs is 1. The summed E-state index contributed by atoms with van der Waals surface area (Å²) in [6.45, 7) is 2.61. The molecule has 0 bridgehead atoms. The lowest BCUT2D eigenvalue weighted by atomic mass is 10.1. The minimum atomic E-state index is -0.709. The summed E-state index contributed by atoms with van der Waals surface area (Å²) in [5.41, 5.74) is -0.494. The molecule has 1 aromatic heterocycles. The Balaban J connectivity index is 1.88. The number of aliphatic hydroxyl groups is 1. The fourth-order valence-electron chi connectivity index (χ4n) is 2.94. The summed E-state index contributed by atoms with van der Waals surface area (Å²) >= 11 is 0. The zero-order chi connectivity index (χ0) is 19.5. The molecule has 6 nitrogen and oxygen atoms in total. The van der Waals surface area contributed by atoms with Crippen LogP contribution in [0, 0.1) is 0 Å². The van der Waals surface area contributed by atoms with E-state index in [-0.39, 0.29) is 30.3 Å². The molecular formula is C21H30O6.